The molecule has 0 bridgehead atoms. The summed E-state index contributed by atoms with van der Waals surface area (Å²) in [6.45, 7) is 0.0334. The van der Waals surface area contributed by atoms with Crippen LogP contribution in [-0.4, -0.2) is 35.3 Å². The normalized spacial score (nSPS) is 11.3. The van der Waals surface area contributed by atoms with Crippen LogP contribution in [0.5, 0.6) is 0 Å². The number of sulfonamides is 1. The van der Waals surface area contributed by atoms with Crippen molar-refractivity contribution < 1.29 is 13.2 Å². The predicted molar refractivity (Wildman–Crippen MR) is 77.1 cm³/mol. The van der Waals surface area contributed by atoms with E-state index in [9.17, 15) is 13.2 Å². The first-order chi connectivity index (χ1) is 9.85. The summed E-state index contributed by atoms with van der Waals surface area (Å²) in [5.74, 6) is 0.245. The molecule has 0 unspecified atom stereocenters. The number of carbonyl (C=O) groups is 1. The van der Waals surface area contributed by atoms with Crippen LogP contribution in [0.1, 0.15) is 16.1 Å². The van der Waals surface area contributed by atoms with Crippen molar-refractivity contribution >= 4 is 21.7 Å². The Morgan fingerprint density at radius 2 is 2.10 bits per heavy atom. The van der Waals surface area contributed by atoms with Crippen molar-refractivity contribution in [1.82, 2.24) is 19.5 Å². The fraction of sp³-hybridized carbons (Fsp3) is 0.250. The summed E-state index contributed by atoms with van der Waals surface area (Å²) < 4.78 is 25.9. The Kier molecular flexibility index (Phi) is 4.34. The third kappa shape index (κ3) is 4.36. The molecule has 112 valence electrons. The minimum Gasteiger partial charge on any atom is -0.307 e. The van der Waals surface area contributed by atoms with E-state index in [4.69, 9.17) is 0 Å². The molecule has 0 aromatic carbocycles. The first-order valence-electron chi connectivity index (χ1n) is 6.04. The van der Waals surface area contributed by atoms with Gasteiger partial charge in [0.15, 0.2) is 0 Å². The SMILES string of the molecule is Cn1nccc1NC(=O)c1ccnc(CNS(C)(=O)=O)c1. The molecule has 0 radical (unpaired) electrons. The second kappa shape index (κ2) is 6.02. The third-order valence-corrected chi connectivity index (χ3v) is 3.33. The van der Waals surface area contributed by atoms with Gasteiger partial charge >= 0.3 is 0 Å². The monoisotopic (exact) mass is 309 g/mol. The lowest BCUT2D eigenvalue weighted by molar-refractivity contribution is 0.102. The van der Waals surface area contributed by atoms with Crippen molar-refractivity contribution in [1.29, 1.82) is 0 Å². The Hall–Kier alpha value is -2.26. The summed E-state index contributed by atoms with van der Waals surface area (Å²) in [7, 11) is -1.59. The first kappa shape index (κ1) is 15.1. The molecule has 0 saturated carbocycles. The number of hydrogen-bond acceptors (Lipinski definition) is 5. The van der Waals surface area contributed by atoms with E-state index in [1.807, 2.05) is 0 Å². The number of aromatic nitrogens is 3. The zero-order valence-electron chi connectivity index (χ0n) is 11.6. The van der Waals surface area contributed by atoms with Crippen molar-refractivity contribution in [2.24, 2.45) is 7.05 Å². The highest BCUT2D eigenvalue weighted by molar-refractivity contribution is 7.88. The molecule has 0 aliphatic rings. The van der Waals surface area contributed by atoms with E-state index < -0.39 is 10.0 Å². The van der Waals surface area contributed by atoms with Crippen LogP contribution in [0.2, 0.25) is 0 Å². The summed E-state index contributed by atoms with van der Waals surface area (Å²) >= 11 is 0. The number of amides is 1. The van der Waals surface area contributed by atoms with Gasteiger partial charge in [0.1, 0.15) is 5.82 Å². The van der Waals surface area contributed by atoms with Gasteiger partial charge in [-0.3, -0.25) is 14.5 Å². The minimum absolute atomic E-state index is 0.0334. The molecule has 2 aromatic rings. The van der Waals surface area contributed by atoms with E-state index in [0.29, 0.717) is 17.1 Å². The smallest absolute Gasteiger partial charge is 0.256 e. The highest BCUT2D eigenvalue weighted by atomic mass is 32.2. The lowest BCUT2D eigenvalue weighted by atomic mass is 10.2. The van der Waals surface area contributed by atoms with Crippen LogP contribution in [0, 0.1) is 0 Å². The third-order valence-electron chi connectivity index (χ3n) is 2.66. The number of aryl methyl sites for hydroxylation is 1. The molecule has 9 heteroatoms. The molecule has 2 N–H and O–H groups in total. The lowest BCUT2D eigenvalue weighted by Gasteiger charge is -2.07. The Morgan fingerprint density at radius 3 is 2.71 bits per heavy atom. The summed E-state index contributed by atoms with van der Waals surface area (Å²) in [4.78, 5) is 16.1. The molecule has 0 saturated heterocycles. The maximum absolute atomic E-state index is 12.1. The van der Waals surface area contributed by atoms with Gasteiger partial charge in [-0.25, -0.2) is 13.1 Å². The molecule has 0 spiro atoms. The van der Waals surface area contributed by atoms with Gasteiger partial charge < -0.3 is 5.32 Å². The molecule has 1 amide bonds. The van der Waals surface area contributed by atoms with E-state index in [-0.39, 0.29) is 12.5 Å². The van der Waals surface area contributed by atoms with Crippen LogP contribution in [0.15, 0.2) is 30.6 Å². The van der Waals surface area contributed by atoms with Crippen LogP contribution in [0.4, 0.5) is 5.82 Å². The first-order valence-corrected chi connectivity index (χ1v) is 7.93. The Bertz CT molecular complexity index is 754. The van der Waals surface area contributed by atoms with Gasteiger partial charge in [0.2, 0.25) is 10.0 Å². The van der Waals surface area contributed by atoms with E-state index in [1.165, 1.54) is 16.9 Å². The summed E-state index contributed by atoms with van der Waals surface area (Å²) in [5, 5.41) is 6.65. The van der Waals surface area contributed by atoms with E-state index in [0.717, 1.165) is 6.26 Å². The molecule has 0 aliphatic heterocycles. The molecule has 2 heterocycles. The maximum Gasteiger partial charge on any atom is 0.256 e. The van der Waals surface area contributed by atoms with Crippen LogP contribution >= 0.6 is 0 Å². The van der Waals surface area contributed by atoms with Crippen molar-refractivity contribution in [3.63, 3.8) is 0 Å². The summed E-state index contributed by atoms with van der Waals surface area (Å²) in [6, 6.07) is 4.75. The molecular formula is C12H15N5O3S. The quantitative estimate of drug-likeness (QED) is 0.816. The van der Waals surface area contributed by atoms with Crippen molar-refractivity contribution in [3.8, 4) is 0 Å². The van der Waals surface area contributed by atoms with Gasteiger partial charge in [-0.1, -0.05) is 0 Å². The van der Waals surface area contributed by atoms with Crippen molar-refractivity contribution in [2.75, 3.05) is 11.6 Å². The van der Waals surface area contributed by atoms with Crippen LogP contribution in [-0.2, 0) is 23.6 Å². The Morgan fingerprint density at radius 1 is 1.33 bits per heavy atom. The largest absolute Gasteiger partial charge is 0.307 e. The molecule has 8 nitrogen and oxygen atoms in total. The minimum atomic E-state index is -3.30. The van der Waals surface area contributed by atoms with E-state index >= 15 is 0 Å². The van der Waals surface area contributed by atoms with Crippen LogP contribution < -0.4 is 10.0 Å². The predicted octanol–water partition coefficient (Wildman–Crippen LogP) is 0.117. The van der Waals surface area contributed by atoms with Gasteiger partial charge in [-0.05, 0) is 12.1 Å². The fourth-order valence-corrected chi connectivity index (χ4v) is 2.02. The van der Waals surface area contributed by atoms with Gasteiger partial charge in [0, 0.05) is 24.9 Å². The molecule has 0 fully saturated rings. The Balaban J connectivity index is 2.10. The average molecular weight is 309 g/mol. The molecular weight excluding hydrogens is 294 g/mol. The second-order valence-electron chi connectivity index (χ2n) is 4.42. The maximum atomic E-state index is 12.1. The topological polar surface area (TPSA) is 106 Å². The second-order valence-corrected chi connectivity index (χ2v) is 6.26. The zero-order chi connectivity index (χ0) is 15.5. The lowest BCUT2D eigenvalue weighted by Crippen LogP contribution is -2.22. The molecule has 21 heavy (non-hydrogen) atoms. The van der Waals surface area contributed by atoms with Gasteiger partial charge in [0.25, 0.3) is 5.91 Å². The fourth-order valence-electron chi connectivity index (χ4n) is 1.61. The number of carbonyl (C=O) groups excluding carboxylic acids is 1. The number of nitrogens with one attached hydrogen (secondary N) is 2. The summed E-state index contributed by atoms with van der Waals surface area (Å²) in [5.41, 5.74) is 0.842. The highest BCUT2D eigenvalue weighted by Crippen LogP contribution is 2.08. The number of rotatable bonds is 5. The number of pyridine rings is 1. The van der Waals surface area contributed by atoms with Gasteiger partial charge in [-0.15, -0.1) is 0 Å². The van der Waals surface area contributed by atoms with Gasteiger partial charge in [0.05, 0.1) is 24.7 Å². The number of hydrogen-bond donors (Lipinski definition) is 2. The zero-order valence-corrected chi connectivity index (χ0v) is 12.4. The number of nitrogens with zero attached hydrogens (tertiary/aromatic N) is 3. The van der Waals surface area contributed by atoms with Crippen molar-refractivity contribution in [3.05, 3.63) is 41.9 Å². The molecule has 2 aromatic heterocycles. The number of anilines is 1. The molecule has 0 atom stereocenters. The van der Waals surface area contributed by atoms with Crippen LogP contribution in [0.3, 0.4) is 0 Å². The van der Waals surface area contributed by atoms with E-state index in [1.54, 1.807) is 25.4 Å². The Labute approximate surface area is 122 Å². The molecule has 0 aliphatic carbocycles. The van der Waals surface area contributed by atoms with Crippen molar-refractivity contribution in [2.45, 2.75) is 6.54 Å². The van der Waals surface area contributed by atoms with E-state index in [2.05, 4.69) is 20.1 Å². The standard InChI is InChI=1S/C12H15N5O3S/c1-17-11(4-6-14-17)16-12(18)9-3-5-13-10(7-9)8-15-21(2,19)20/h3-7,15H,8H2,1-2H3,(H,16,18). The van der Waals surface area contributed by atoms with Gasteiger partial charge in [-0.2, -0.15) is 5.10 Å². The molecule has 2 rings (SSSR count). The highest BCUT2D eigenvalue weighted by Gasteiger charge is 2.10. The average Bonchev–Trinajstić information content (AvgIpc) is 2.81. The van der Waals surface area contributed by atoms with Crippen LogP contribution in [0.25, 0.3) is 0 Å². The summed E-state index contributed by atoms with van der Waals surface area (Å²) in [6.07, 6.45) is 4.09.